The molecule has 0 aliphatic carbocycles. The molecule has 1 N–H and O–H groups in total. The lowest BCUT2D eigenvalue weighted by molar-refractivity contribution is -0.137. The normalized spacial score (nSPS) is 11.6. The molecule has 2 aromatic heterocycles. The summed E-state index contributed by atoms with van der Waals surface area (Å²) in [6.07, 6.45) is -1.88. The van der Waals surface area contributed by atoms with Crippen LogP contribution in [0, 0.1) is 6.92 Å². The van der Waals surface area contributed by atoms with Gasteiger partial charge in [0.1, 0.15) is 5.69 Å². The van der Waals surface area contributed by atoms with E-state index in [1.54, 1.807) is 19.2 Å². The van der Waals surface area contributed by atoms with Gasteiger partial charge in [0.05, 0.1) is 28.2 Å². The highest BCUT2D eigenvalue weighted by atomic mass is 35.5. The largest absolute Gasteiger partial charge is 0.444 e. The predicted octanol–water partition coefficient (Wildman–Crippen LogP) is 5.97. The molecule has 0 aliphatic rings. The van der Waals surface area contributed by atoms with E-state index in [2.05, 4.69) is 15.4 Å². The number of nitrogens with zero attached hydrogens (tertiary/aromatic N) is 3. The van der Waals surface area contributed by atoms with Crippen LogP contribution >= 0.6 is 11.6 Å². The summed E-state index contributed by atoms with van der Waals surface area (Å²) in [7, 11) is 0. The first-order chi connectivity index (χ1) is 15.7. The van der Waals surface area contributed by atoms with E-state index in [1.807, 2.05) is 19.1 Å². The van der Waals surface area contributed by atoms with Crippen molar-refractivity contribution < 1.29 is 17.6 Å². The Kier molecular flexibility index (Phi) is 5.99. The summed E-state index contributed by atoms with van der Waals surface area (Å²) in [6.45, 7) is 4.01. The van der Waals surface area contributed by atoms with E-state index in [4.69, 9.17) is 16.0 Å². The van der Waals surface area contributed by atoms with Gasteiger partial charge in [-0.05, 0) is 55.8 Å². The van der Waals surface area contributed by atoms with Gasteiger partial charge in [-0.3, -0.25) is 4.79 Å². The second-order valence-electron chi connectivity index (χ2n) is 7.28. The zero-order valence-electron chi connectivity index (χ0n) is 17.6. The maximum absolute atomic E-state index is 13.7. The molecule has 2 heterocycles. The van der Waals surface area contributed by atoms with Crippen molar-refractivity contribution in [3.63, 3.8) is 0 Å². The van der Waals surface area contributed by atoms with Crippen LogP contribution in [0.25, 0.3) is 28.3 Å². The quantitative estimate of drug-likeness (QED) is 0.386. The standard InChI is InChI=1S/C23H18ClF3N4O2/c1-3-29-19-10-18(14-7-13(2)8-15(9-14)20-11-28-12-33-20)30-31(22(19)32)21-16(23(25,26)27)5-4-6-17(21)24/h4-12,29H,3H2,1-2H3. The topological polar surface area (TPSA) is 73.0 Å². The minimum atomic E-state index is -4.74. The molecule has 10 heteroatoms. The molecule has 170 valence electrons. The summed E-state index contributed by atoms with van der Waals surface area (Å²) in [5, 5.41) is 6.95. The fourth-order valence-electron chi connectivity index (χ4n) is 3.50. The third-order valence-corrected chi connectivity index (χ3v) is 5.18. The molecule has 33 heavy (non-hydrogen) atoms. The number of aryl methyl sites for hydroxylation is 1. The van der Waals surface area contributed by atoms with Gasteiger partial charge >= 0.3 is 6.18 Å². The van der Waals surface area contributed by atoms with Crippen molar-refractivity contribution in [2.45, 2.75) is 20.0 Å². The Labute approximate surface area is 191 Å². The van der Waals surface area contributed by atoms with Crippen molar-refractivity contribution in [1.82, 2.24) is 14.8 Å². The summed E-state index contributed by atoms with van der Waals surface area (Å²) >= 11 is 6.15. The van der Waals surface area contributed by atoms with Crippen LogP contribution in [0.2, 0.25) is 5.02 Å². The van der Waals surface area contributed by atoms with Crippen molar-refractivity contribution in [2.75, 3.05) is 11.9 Å². The molecular formula is C23H18ClF3N4O2. The first kappa shape index (κ1) is 22.6. The molecular weight excluding hydrogens is 457 g/mol. The van der Waals surface area contributed by atoms with Gasteiger partial charge < -0.3 is 9.73 Å². The van der Waals surface area contributed by atoms with Gasteiger partial charge in [-0.15, -0.1) is 0 Å². The highest BCUT2D eigenvalue weighted by Crippen LogP contribution is 2.37. The Morgan fingerprint density at radius 2 is 1.91 bits per heavy atom. The maximum Gasteiger partial charge on any atom is 0.418 e. The predicted molar refractivity (Wildman–Crippen MR) is 120 cm³/mol. The van der Waals surface area contributed by atoms with Gasteiger partial charge in [0, 0.05) is 17.7 Å². The second-order valence-corrected chi connectivity index (χ2v) is 7.68. The summed E-state index contributed by atoms with van der Waals surface area (Å²) in [4.78, 5) is 17.0. The molecule has 0 atom stereocenters. The number of anilines is 1. The highest BCUT2D eigenvalue weighted by molar-refractivity contribution is 6.32. The van der Waals surface area contributed by atoms with Crippen molar-refractivity contribution in [3.8, 4) is 28.3 Å². The lowest BCUT2D eigenvalue weighted by Gasteiger charge is -2.17. The number of nitrogens with one attached hydrogen (secondary N) is 1. The van der Waals surface area contributed by atoms with Crippen LogP contribution in [0.4, 0.5) is 18.9 Å². The van der Waals surface area contributed by atoms with Crippen molar-refractivity contribution >= 4 is 17.3 Å². The minimum absolute atomic E-state index is 0.0956. The van der Waals surface area contributed by atoms with Gasteiger partial charge in [-0.1, -0.05) is 17.7 Å². The average Bonchev–Trinajstić information content (AvgIpc) is 3.29. The van der Waals surface area contributed by atoms with E-state index in [0.29, 0.717) is 28.1 Å². The Hall–Kier alpha value is -3.59. The van der Waals surface area contributed by atoms with Gasteiger partial charge in [-0.2, -0.15) is 23.0 Å². The molecule has 0 aliphatic heterocycles. The van der Waals surface area contributed by atoms with Crippen LogP contribution in [0.1, 0.15) is 18.1 Å². The maximum atomic E-state index is 13.7. The van der Waals surface area contributed by atoms with Crippen LogP contribution in [-0.4, -0.2) is 21.3 Å². The third-order valence-electron chi connectivity index (χ3n) is 4.87. The number of para-hydroxylation sites is 1. The SMILES string of the molecule is CCNc1cc(-c2cc(C)cc(-c3cnco3)c2)nn(-c2c(Cl)cccc2C(F)(F)F)c1=O. The van der Waals surface area contributed by atoms with E-state index in [9.17, 15) is 18.0 Å². The Morgan fingerprint density at radius 3 is 2.58 bits per heavy atom. The first-order valence-electron chi connectivity index (χ1n) is 9.94. The Morgan fingerprint density at radius 1 is 1.15 bits per heavy atom. The van der Waals surface area contributed by atoms with Crippen LogP contribution in [0.5, 0.6) is 0 Å². The monoisotopic (exact) mass is 474 g/mol. The van der Waals surface area contributed by atoms with E-state index in [0.717, 1.165) is 11.6 Å². The second kappa shape index (κ2) is 8.74. The van der Waals surface area contributed by atoms with Gasteiger partial charge in [0.2, 0.25) is 0 Å². The van der Waals surface area contributed by atoms with E-state index in [1.165, 1.54) is 24.6 Å². The molecule has 0 amide bonds. The van der Waals surface area contributed by atoms with Crippen LogP contribution in [0.3, 0.4) is 0 Å². The molecule has 4 aromatic rings. The van der Waals surface area contributed by atoms with E-state index in [-0.39, 0.29) is 16.4 Å². The number of halogens is 4. The number of alkyl halides is 3. The third kappa shape index (κ3) is 4.49. The molecule has 0 radical (unpaired) electrons. The molecule has 2 aromatic carbocycles. The molecule has 0 unspecified atom stereocenters. The Balaban J connectivity index is 1.99. The zero-order valence-corrected chi connectivity index (χ0v) is 18.3. The number of oxazole rings is 1. The number of benzene rings is 2. The molecule has 6 nitrogen and oxygen atoms in total. The molecule has 0 saturated carbocycles. The van der Waals surface area contributed by atoms with E-state index < -0.39 is 23.0 Å². The van der Waals surface area contributed by atoms with Crippen molar-refractivity contribution in [2.24, 2.45) is 0 Å². The fraction of sp³-hybridized carbons (Fsp3) is 0.174. The van der Waals surface area contributed by atoms with Crippen LogP contribution in [-0.2, 0) is 6.18 Å². The number of rotatable bonds is 5. The lowest BCUT2D eigenvalue weighted by Crippen LogP contribution is -2.27. The summed E-state index contributed by atoms with van der Waals surface area (Å²) in [5.41, 5.74) is 0.188. The number of hydrogen-bond donors (Lipinski definition) is 1. The molecule has 0 fully saturated rings. The number of aromatic nitrogens is 3. The van der Waals surface area contributed by atoms with Crippen LogP contribution in [0.15, 0.2) is 64.3 Å². The van der Waals surface area contributed by atoms with Crippen molar-refractivity contribution in [1.29, 1.82) is 0 Å². The Bertz CT molecular complexity index is 1370. The minimum Gasteiger partial charge on any atom is -0.444 e. The van der Waals surface area contributed by atoms with E-state index >= 15 is 0 Å². The summed E-state index contributed by atoms with van der Waals surface area (Å²) in [6, 6.07) is 10.3. The van der Waals surface area contributed by atoms with Crippen molar-refractivity contribution in [3.05, 3.63) is 81.6 Å². The lowest BCUT2D eigenvalue weighted by atomic mass is 10.0. The summed E-state index contributed by atoms with van der Waals surface area (Å²) < 4.78 is 47.3. The zero-order chi connectivity index (χ0) is 23.8. The highest BCUT2D eigenvalue weighted by Gasteiger charge is 2.36. The first-order valence-corrected chi connectivity index (χ1v) is 10.3. The molecule has 0 bridgehead atoms. The summed E-state index contributed by atoms with van der Waals surface area (Å²) in [5.74, 6) is 0.519. The smallest absolute Gasteiger partial charge is 0.418 e. The number of hydrogen-bond acceptors (Lipinski definition) is 5. The fourth-order valence-corrected chi connectivity index (χ4v) is 3.75. The van der Waals surface area contributed by atoms with Gasteiger partial charge in [-0.25, -0.2) is 4.98 Å². The average molecular weight is 475 g/mol. The molecule has 4 rings (SSSR count). The van der Waals surface area contributed by atoms with Gasteiger partial charge in [0.15, 0.2) is 12.2 Å². The van der Waals surface area contributed by atoms with Gasteiger partial charge in [0.25, 0.3) is 5.56 Å². The van der Waals surface area contributed by atoms with Crippen LogP contribution < -0.4 is 10.9 Å². The molecule has 0 saturated heterocycles. The molecule has 0 spiro atoms.